The minimum absolute atomic E-state index is 0.0423. The zero-order chi connectivity index (χ0) is 8.77. The standard InChI is InChI=1S/C10H14O2/c1-10(9(11)12-2)6-7-3-4-8(10)5-7/h3-4,7-8H,5-6H2,1-2H3/t7-,8+,10-/m0/s1. The molecule has 2 rings (SSSR count). The number of fused-ring (bicyclic) bond motifs is 2. The van der Waals surface area contributed by atoms with Crippen molar-refractivity contribution in [2.45, 2.75) is 19.8 Å². The summed E-state index contributed by atoms with van der Waals surface area (Å²) in [7, 11) is 1.48. The molecule has 0 amide bonds. The summed E-state index contributed by atoms with van der Waals surface area (Å²) in [5, 5.41) is 0. The summed E-state index contributed by atoms with van der Waals surface area (Å²) in [6.45, 7) is 2.02. The van der Waals surface area contributed by atoms with Crippen molar-refractivity contribution in [1.82, 2.24) is 0 Å². The van der Waals surface area contributed by atoms with Gasteiger partial charge in [0.05, 0.1) is 12.5 Å². The third-order valence-corrected chi connectivity index (χ3v) is 3.33. The van der Waals surface area contributed by atoms with Crippen molar-refractivity contribution in [3.05, 3.63) is 12.2 Å². The Hall–Kier alpha value is -0.790. The predicted molar refractivity (Wildman–Crippen MR) is 45.5 cm³/mol. The summed E-state index contributed by atoms with van der Waals surface area (Å²) >= 11 is 0. The zero-order valence-electron chi connectivity index (χ0n) is 7.54. The van der Waals surface area contributed by atoms with Crippen LogP contribution in [0.15, 0.2) is 12.2 Å². The number of methoxy groups -OCH3 is 1. The maximum absolute atomic E-state index is 11.5. The van der Waals surface area contributed by atoms with Crippen molar-refractivity contribution in [3.63, 3.8) is 0 Å². The quantitative estimate of drug-likeness (QED) is 0.438. The van der Waals surface area contributed by atoms with E-state index in [2.05, 4.69) is 12.2 Å². The van der Waals surface area contributed by atoms with Crippen molar-refractivity contribution in [2.24, 2.45) is 17.3 Å². The van der Waals surface area contributed by atoms with E-state index < -0.39 is 0 Å². The van der Waals surface area contributed by atoms with Crippen molar-refractivity contribution >= 4 is 5.97 Å². The third kappa shape index (κ3) is 0.838. The van der Waals surface area contributed by atoms with Crippen LogP contribution in [-0.4, -0.2) is 13.1 Å². The Morgan fingerprint density at radius 3 is 2.75 bits per heavy atom. The number of hydrogen-bond acceptors (Lipinski definition) is 2. The van der Waals surface area contributed by atoms with E-state index in [1.807, 2.05) is 6.92 Å². The molecule has 0 radical (unpaired) electrons. The van der Waals surface area contributed by atoms with Crippen LogP contribution in [0.3, 0.4) is 0 Å². The topological polar surface area (TPSA) is 26.3 Å². The minimum atomic E-state index is -0.228. The lowest BCUT2D eigenvalue weighted by Gasteiger charge is -2.27. The molecule has 66 valence electrons. The monoisotopic (exact) mass is 166 g/mol. The maximum atomic E-state index is 11.5. The van der Waals surface area contributed by atoms with Gasteiger partial charge in [-0.25, -0.2) is 0 Å². The smallest absolute Gasteiger partial charge is 0.312 e. The van der Waals surface area contributed by atoms with Gasteiger partial charge in [0, 0.05) is 0 Å². The molecule has 0 unspecified atom stereocenters. The molecular weight excluding hydrogens is 152 g/mol. The van der Waals surface area contributed by atoms with E-state index in [1.165, 1.54) is 7.11 Å². The minimum Gasteiger partial charge on any atom is -0.469 e. The molecule has 0 aromatic carbocycles. The molecule has 2 nitrogen and oxygen atoms in total. The van der Waals surface area contributed by atoms with Gasteiger partial charge in [-0.15, -0.1) is 0 Å². The number of carbonyl (C=O) groups is 1. The highest BCUT2D eigenvalue weighted by Crippen LogP contribution is 2.52. The van der Waals surface area contributed by atoms with E-state index in [-0.39, 0.29) is 11.4 Å². The molecule has 0 aliphatic heterocycles. The van der Waals surface area contributed by atoms with Crippen LogP contribution in [0.1, 0.15) is 19.8 Å². The Balaban J connectivity index is 2.23. The lowest BCUT2D eigenvalue weighted by Crippen LogP contribution is -2.32. The van der Waals surface area contributed by atoms with Gasteiger partial charge in [-0.2, -0.15) is 0 Å². The van der Waals surface area contributed by atoms with Crippen LogP contribution in [0, 0.1) is 17.3 Å². The van der Waals surface area contributed by atoms with Gasteiger partial charge >= 0.3 is 5.97 Å². The summed E-state index contributed by atoms with van der Waals surface area (Å²) in [5.74, 6) is 1.01. The Morgan fingerprint density at radius 1 is 1.58 bits per heavy atom. The molecule has 2 aliphatic rings. The first-order valence-electron chi connectivity index (χ1n) is 4.43. The molecule has 1 fully saturated rings. The Morgan fingerprint density at radius 2 is 2.33 bits per heavy atom. The fourth-order valence-corrected chi connectivity index (χ4v) is 2.56. The SMILES string of the molecule is COC(=O)[C@@]1(C)C[C@H]2C=C[C@@H]1C2. The average molecular weight is 166 g/mol. The highest BCUT2D eigenvalue weighted by Gasteiger charge is 2.50. The van der Waals surface area contributed by atoms with Crippen molar-refractivity contribution in [1.29, 1.82) is 0 Å². The maximum Gasteiger partial charge on any atom is 0.312 e. The Kier molecular flexibility index (Phi) is 1.53. The first-order valence-corrected chi connectivity index (χ1v) is 4.43. The summed E-state index contributed by atoms with van der Waals surface area (Å²) in [6, 6.07) is 0. The predicted octanol–water partition coefficient (Wildman–Crippen LogP) is 1.76. The molecule has 0 aromatic heterocycles. The van der Waals surface area contributed by atoms with E-state index in [0.29, 0.717) is 11.8 Å². The second-order valence-corrected chi connectivity index (χ2v) is 4.10. The summed E-state index contributed by atoms with van der Waals surface area (Å²) in [5.41, 5.74) is -0.228. The van der Waals surface area contributed by atoms with E-state index in [0.717, 1.165) is 12.8 Å². The van der Waals surface area contributed by atoms with Gasteiger partial charge in [0.1, 0.15) is 0 Å². The van der Waals surface area contributed by atoms with Crippen LogP contribution in [0.2, 0.25) is 0 Å². The molecular formula is C10H14O2. The van der Waals surface area contributed by atoms with Crippen molar-refractivity contribution in [3.8, 4) is 0 Å². The van der Waals surface area contributed by atoms with Crippen LogP contribution in [0.4, 0.5) is 0 Å². The molecule has 1 saturated carbocycles. The fraction of sp³-hybridized carbons (Fsp3) is 0.700. The number of allylic oxidation sites excluding steroid dienone is 2. The van der Waals surface area contributed by atoms with Crippen LogP contribution in [-0.2, 0) is 9.53 Å². The fourth-order valence-electron chi connectivity index (χ4n) is 2.56. The second-order valence-electron chi connectivity index (χ2n) is 4.10. The molecule has 0 spiro atoms. The normalized spacial score (nSPS) is 43.5. The summed E-state index contributed by atoms with van der Waals surface area (Å²) in [6.07, 6.45) is 6.52. The largest absolute Gasteiger partial charge is 0.469 e. The van der Waals surface area contributed by atoms with E-state index >= 15 is 0 Å². The van der Waals surface area contributed by atoms with Crippen LogP contribution < -0.4 is 0 Å². The molecule has 0 N–H and O–H groups in total. The van der Waals surface area contributed by atoms with Gasteiger partial charge < -0.3 is 4.74 Å². The first kappa shape index (κ1) is 7.84. The highest BCUT2D eigenvalue weighted by atomic mass is 16.5. The zero-order valence-corrected chi connectivity index (χ0v) is 7.54. The molecule has 2 heteroatoms. The highest BCUT2D eigenvalue weighted by molar-refractivity contribution is 5.78. The van der Waals surface area contributed by atoms with Crippen molar-refractivity contribution < 1.29 is 9.53 Å². The molecule has 0 heterocycles. The van der Waals surface area contributed by atoms with Gasteiger partial charge in [0.15, 0.2) is 0 Å². The van der Waals surface area contributed by atoms with Gasteiger partial charge in [0.25, 0.3) is 0 Å². The molecule has 2 aliphatic carbocycles. The van der Waals surface area contributed by atoms with Crippen LogP contribution in [0.25, 0.3) is 0 Å². The van der Waals surface area contributed by atoms with E-state index in [9.17, 15) is 4.79 Å². The summed E-state index contributed by atoms with van der Waals surface area (Å²) < 4.78 is 4.82. The van der Waals surface area contributed by atoms with Crippen molar-refractivity contribution in [2.75, 3.05) is 7.11 Å². The number of carbonyl (C=O) groups excluding carboxylic acids is 1. The average Bonchev–Trinajstić information content (AvgIpc) is 2.62. The van der Waals surface area contributed by atoms with Crippen LogP contribution in [0.5, 0.6) is 0 Å². The van der Waals surface area contributed by atoms with Gasteiger partial charge in [-0.3, -0.25) is 4.79 Å². The molecule has 0 aromatic rings. The van der Waals surface area contributed by atoms with Gasteiger partial charge in [0.2, 0.25) is 0 Å². The third-order valence-electron chi connectivity index (χ3n) is 3.33. The molecule has 2 bridgehead atoms. The van der Waals surface area contributed by atoms with E-state index in [4.69, 9.17) is 4.74 Å². The number of hydrogen-bond donors (Lipinski definition) is 0. The number of ether oxygens (including phenoxy) is 1. The second kappa shape index (κ2) is 2.35. The number of esters is 1. The first-order chi connectivity index (χ1) is 5.66. The van der Waals surface area contributed by atoms with E-state index in [1.54, 1.807) is 0 Å². The van der Waals surface area contributed by atoms with Gasteiger partial charge in [-0.05, 0) is 31.6 Å². The lowest BCUT2D eigenvalue weighted by atomic mass is 9.78. The van der Waals surface area contributed by atoms with Crippen LogP contribution >= 0.6 is 0 Å². The molecule has 3 atom stereocenters. The summed E-state index contributed by atoms with van der Waals surface area (Å²) in [4.78, 5) is 11.5. The Bertz CT molecular complexity index is 244. The Labute approximate surface area is 72.6 Å². The molecule has 0 saturated heterocycles. The van der Waals surface area contributed by atoms with Gasteiger partial charge in [-0.1, -0.05) is 12.2 Å². The number of rotatable bonds is 1. The molecule has 12 heavy (non-hydrogen) atoms. The lowest BCUT2D eigenvalue weighted by molar-refractivity contribution is -0.153.